The van der Waals surface area contributed by atoms with Gasteiger partial charge in [0.15, 0.2) is 5.13 Å². The molecule has 2 aliphatic rings. The zero-order chi connectivity index (χ0) is 31.0. The number of aliphatic hydroxyl groups excluding tert-OH is 1. The molecule has 0 bridgehead atoms. The van der Waals surface area contributed by atoms with Crippen LogP contribution in [0.5, 0.6) is 17.2 Å². The number of ketones is 1. The number of aliphatic hydroxyl groups is 1. The highest BCUT2D eigenvalue weighted by molar-refractivity contribution is 7.17. The normalized spacial score (nSPS) is 18.5. The van der Waals surface area contributed by atoms with Crippen molar-refractivity contribution in [3.8, 4) is 17.2 Å². The molecule has 0 radical (unpaired) electrons. The van der Waals surface area contributed by atoms with E-state index in [1.54, 1.807) is 49.4 Å². The van der Waals surface area contributed by atoms with Crippen LogP contribution in [0.3, 0.4) is 0 Å². The van der Waals surface area contributed by atoms with Gasteiger partial charge in [-0.3, -0.25) is 14.5 Å². The van der Waals surface area contributed by atoms with E-state index in [0.29, 0.717) is 40.5 Å². The molecule has 0 saturated carbocycles. The maximum absolute atomic E-state index is 13.7. The molecule has 1 fully saturated rings. The number of benzene rings is 3. The number of aryl methyl sites for hydroxylation is 1. The van der Waals surface area contributed by atoms with Crippen molar-refractivity contribution in [1.82, 2.24) is 4.98 Å². The molecule has 0 aliphatic carbocycles. The van der Waals surface area contributed by atoms with Gasteiger partial charge in [0.05, 0.1) is 17.3 Å². The third-order valence-electron chi connectivity index (χ3n) is 7.28. The van der Waals surface area contributed by atoms with E-state index in [1.165, 1.54) is 11.0 Å². The van der Waals surface area contributed by atoms with Gasteiger partial charge in [0, 0.05) is 12.0 Å². The Morgan fingerprint density at radius 2 is 1.89 bits per heavy atom. The average Bonchev–Trinajstić information content (AvgIpc) is 3.67. The summed E-state index contributed by atoms with van der Waals surface area (Å²) in [4.78, 5) is 46.0. The molecule has 2 unspecified atom stereocenters. The Hall–Kier alpha value is -5.22. The molecule has 9 nitrogen and oxygen atoms in total. The topological polar surface area (TPSA) is 115 Å². The largest absolute Gasteiger partial charge is 0.507 e. The average molecular weight is 609 g/mol. The highest BCUT2D eigenvalue weighted by Gasteiger charge is 2.48. The Labute approximate surface area is 257 Å². The number of hydrogen-bond donors (Lipinski definition) is 1. The number of ether oxygens (including phenoxy) is 3. The Bertz CT molecular complexity index is 1830. The number of nitrogens with zero attached hydrogens (tertiary/aromatic N) is 2. The number of aromatic nitrogens is 1. The SMILES string of the molecule is C=CCOC(=O)c1sc(N2C(=O)C(=O)C(=C(O)c3ccc4c(c3)CC(C)O4)C2c2cccc(Oc3ccccc3)c2)nc1C. The highest BCUT2D eigenvalue weighted by atomic mass is 32.1. The first kappa shape index (κ1) is 28.9. The molecule has 1 saturated heterocycles. The fourth-order valence-corrected chi connectivity index (χ4v) is 6.30. The molecule has 2 aliphatic heterocycles. The molecule has 1 aromatic heterocycles. The van der Waals surface area contributed by atoms with Gasteiger partial charge in [0.1, 0.15) is 40.6 Å². The molecule has 0 spiro atoms. The summed E-state index contributed by atoms with van der Waals surface area (Å²) < 4.78 is 17.0. The molecule has 1 amide bonds. The van der Waals surface area contributed by atoms with Gasteiger partial charge in [-0.25, -0.2) is 9.78 Å². The summed E-state index contributed by atoms with van der Waals surface area (Å²) in [6.45, 7) is 7.14. The first-order valence-electron chi connectivity index (χ1n) is 13.9. The number of Topliss-reactive ketones (excluding diaryl/α,β-unsaturated/α-hetero) is 1. The molecule has 4 aromatic rings. The van der Waals surface area contributed by atoms with Crippen molar-refractivity contribution in [3.63, 3.8) is 0 Å². The maximum Gasteiger partial charge on any atom is 0.350 e. The predicted octanol–water partition coefficient (Wildman–Crippen LogP) is 6.54. The van der Waals surface area contributed by atoms with Gasteiger partial charge in [-0.2, -0.15) is 0 Å². The lowest BCUT2D eigenvalue weighted by atomic mass is 9.94. The number of hydrogen-bond acceptors (Lipinski definition) is 9. The van der Waals surface area contributed by atoms with Gasteiger partial charge in [-0.1, -0.05) is 54.3 Å². The predicted molar refractivity (Wildman–Crippen MR) is 165 cm³/mol. The molecule has 222 valence electrons. The Morgan fingerprint density at radius 1 is 1.11 bits per heavy atom. The summed E-state index contributed by atoms with van der Waals surface area (Å²) in [6.07, 6.45) is 2.08. The minimum atomic E-state index is -1.07. The van der Waals surface area contributed by atoms with Crippen molar-refractivity contribution in [2.24, 2.45) is 0 Å². The summed E-state index contributed by atoms with van der Waals surface area (Å²) in [6, 6.07) is 20.2. The van der Waals surface area contributed by atoms with Gasteiger partial charge < -0.3 is 19.3 Å². The van der Waals surface area contributed by atoms with Gasteiger partial charge in [-0.15, -0.1) is 0 Å². The number of carbonyl (C=O) groups is 3. The molecule has 1 N–H and O–H groups in total. The first-order valence-corrected chi connectivity index (χ1v) is 14.8. The molecular formula is C34H28N2O7S. The van der Waals surface area contributed by atoms with Crippen LogP contribution < -0.4 is 14.4 Å². The van der Waals surface area contributed by atoms with Gasteiger partial charge in [-0.05, 0) is 67.4 Å². The second kappa shape index (κ2) is 11.8. The third kappa shape index (κ3) is 5.35. The quantitative estimate of drug-likeness (QED) is 0.0789. The lowest BCUT2D eigenvalue weighted by Gasteiger charge is -2.23. The summed E-state index contributed by atoms with van der Waals surface area (Å²) >= 11 is 0.933. The number of amides is 1. The number of anilines is 1. The Kier molecular flexibility index (Phi) is 7.75. The molecular weight excluding hydrogens is 580 g/mol. The van der Waals surface area contributed by atoms with Crippen LogP contribution in [0.25, 0.3) is 5.76 Å². The third-order valence-corrected chi connectivity index (χ3v) is 8.41. The van der Waals surface area contributed by atoms with E-state index in [1.807, 2.05) is 37.3 Å². The Morgan fingerprint density at radius 3 is 2.66 bits per heavy atom. The maximum atomic E-state index is 13.7. The highest BCUT2D eigenvalue weighted by Crippen LogP contribution is 2.45. The van der Waals surface area contributed by atoms with Crippen LogP contribution in [-0.4, -0.2) is 40.5 Å². The monoisotopic (exact) mass is 608 g/mol. The number of fused-ring (bicyclic) bond motifs is 1. The molecule has 6 rings (SSSR count). The van der Waals surface area contributed by atoms with Crippen LogP contribution >= 0.6 is 11.3 Å². The van der Waals surface area contributed by atoms with Crippen LogP contribution in [-0.2, 0) is 20.7 Å². The number of esters is 1. The minimum absolute atomic E-state index is 0.00875. The zero-order valence-electron chi connectivity index (χ0n) is 24.0. The minimum Gasteiger partial charge on any atom is -0.507 e. The number of rotatable bonds is 8. The van der Waals surface area contributed by atoms with Gasteiger partial charge in [0.2, 0.25) is 0 Å². The van der Waals surface area contributed by atoms with E-state index in [2.05, 4.69) is 11.6 Å². The van der Waals surface area contributed by atoms with E-state index in [-0.39, 0.29) is 34.1 Å². The summed E-state index contributed by atoms with van der Waals surface area (Å²) in [7, 11) is 0. The standard InChI is InChI=1S/C34H28N2O7S/c1-4-15-41-33(40)31-20(3)35-34(44-31)36-28(21-9-8-12-25(18-21)43-24-10-6-5-7-11-24)27(30(38)32(36)39)29(37)22-13-14-26-23(17-22)16-19(2)42-26/h4-14,17-19,28,37H,1,15-16H2,2-3H3. The summed E-state index contributed by atoms with van der Waals surface area (Å²) in [5.41, 5.74) is 2.01. The molecule has 3 aromatic carbocycles. The van der Waals surface area contributed by atoms with Crippen LogP contribution in [0.15, 0.2) is 91.0 Å². The van der Waals surface area contributed by atoms with Gasteiger partial charge in [0.25, 0.3) is 5.78 Å². The van der Waals surface area contributed by atoms with E-state index in [9.17, 15) is 19.5 Å². The van der Waals surface area contributed by atoms with E-state index in [4.69, 9.17) is 14.2 Å². The number of para-hydroxylation sites is 1. The van der Waals surface area contributed by atoms with Crippen molar-refractivity contribution < 1.29 is 33.7 Å². The van der Waals surface area contributed by atoms with Crippen molar-refractivity contribution in [2.75, 3.05) is 11.5 Å². The first-order chi connectivity index (χ1) is 21.2. The zero-order valence-corrected chi connectivity index (χ0v) is 24.8. The fraction of sp³-hybridized carbons (Fsp3) is 0.176. The fourth-order valence-electron chi connectivity index (χ4n) is 5.32. The lowest BCUT2D eigenvalue weighted by molar-refractivity contribution is -0.132. The van der Waals surface area contributed by atoms with Crippen LogP contribution in [0, 0.1) is 6.92 Å². The smallest absolute Gasteiger partial charge is 0.350 e. The second-order valence-corrected chi connectivity index (χ2v) is 11.4. The van der Waals surface area contributed by atoms with Crippen LogP contribution in [0.1, 0.15) is 45.0 Å². The summed E-state index contributed by atoms with van der Waals surface area (Å²) in [5.74, 6) is -0.928. The number of carbonyl (C=O) groups excluding carboxylic acids is 3. The molecule has 3 heterocycles. The van der Waals surface area contributed by atoms with Crippen molar-refractivity contribution >= 4 is 39.9 Å². The van der Waals surface area contributed by atoms with E-state index in [0.717, 1.165) is 16.9 Å². The Balaban J connectivity index is 1.48. The lowest BCUT2D eigenvalue weighted by Crippen LogP contribution is -2.29. The van der Waals surface area contributed by atoms with Crippen molar-refractivity contribution in [2.45, 2.75) is 32.4 Å². The van der Waals surface area contributed by atoms with Crippen molar-refractivity contribution in [3.05, 3.63) is 118 Å². The van der Waals surface area contributed by atoms with Crippen LogP contribution in [0.2, 0.25) is 0 Å². The molecule has 10 heteroatoms. The summed E-state index contributed by atoms with van der Waals surface area (Å²) in [5, 5.41) is 11.8. The van der Waals surface area contributed by atoms with Crippen LogP contribution in [0.4, 0.5) is 5.13 Å². The molecule has 2 atom stereocenters. The van der Waals surface area contributed by atoms with Crippen molar-refractivity contribution in [1.29, 1.82) is 0 Å². The molecule has 44 heavy (non-hydrogen) atoms. The second-order valence-electron chi connectivity index (χ2n) is 10.4. The number of thiazole rings is 1. The van der Waals surface area contributed by atoms with E-state index >= 15 is 0 Å². The van der Waals surface area contributed by atoms with Gasteiger partial charge >= 0.3 is 11.9 Å². The van der Waals surface area contributed by atoms with E-state index < -0.39 is 23.7 Å².